The van der Waals surface area contributed by atoms with Gasteiger partial charge in [0.05, 0.1) is 10.6 Å². The lowest BCUT2D eigenvalue weighted by Crippen LogP contribution is -2.54. The number of amides is 2. The maximum Gasteiger partial charge on any atom is 0.264 e. The molecule has 1 atom stereocenters. The van der Waals surface area contributed by atoms with Gasteiger partial charge in [0.1, 0.15) is 12.6 Å². The van der Waals surface area contributed by atoms with E-state index in [0.29, 0.717) is 15.6 Å². The van der Waals surface area contributed by atoms with Gasteiger partial charge in [-0.3, -0.25) is 13.9 Å². The Kier molecular flexibility index (Phi) is 10.9. The van der Waals surface area contributed by atoms with Gasteiger partial charge in [-0.25, -0.2) is 8.42 Å². The molecule has 0 saturated heterocycles. The Morgan fingerprint density at radius 1 is 0.814 bits per heavy atom. The van der Waals surface area contributed by atoms with E-state index < -0.39 is 28.5 Å². The number of sulfonamides is 1. The first kappa shape index (κ1) is 32.1. The Balaban J connectivity index is 1.81. The summed E-state index contributed by atoms with van der Waals surface area (Å²) < 4.78 is 29.0. The molecule has 0 spiro atoms. The zero-order valence-electron chi connectivity index (χ0n) is 23.9. The fourth-order valence-corrected chi connectivity index (χ4v) is 6.43. The molecular formula is C33H33Cl2N3O4S. The normalized spacial score (nSPS) is 12.0. The summed E-state index contributed by atoms with van der Waals surface area (Å²) in [4.78, 5) is 29.5. The summed E-state index contributed by atoms with van der Waals surface area (Å²) in [6.45, 7) is 3.08. The number of rotatable bonds is 12. The van der Waals surface area contributed by atoms with Crippen molar-refractivity contribution in [3.05, 3.63) is 130 Å². The minimum Gasteiger partial charge on any atom is -0.352 e. The monoisotopic (exact) mass is 637 g/mol. The largest absolute Gasteiger partial charge is 0.352 e. The Bertz CT molecular complexity index is 1650. The van der Waals surface area contributed by atoms with Crippen LogP contribution in [0.2, 0.25) is 10.0 Å². The molecule has 43 heavy (non-hydrogen) atoms. The predicted molar refractivity (Wildman–Crippen MR) is 172 cm³/mol. The van der Waals surface area contributed by atoms with Gasteiger partial charge in [-0.1, -0.05) is 96.0 Å². The SMILES string of the molecule is CC(C)NC(=O)C(Cc1ccccc1)N(Cc1ccccc1Cl)C(=O)CN(c1cccc(Cl)c1)S(=O)(=O)c1ccccc1. The Morgan fingerprint density at radius 3 is 2.07 bits per heavy atom. The van der Waals surface area contributed by atoms with E-state index in [1.165, 1.54) is 23.1 Å². The average Bonchev–Trinajstić information content (AvgIpc) is 2.99. The molecule has 2 amide bonds. The predicted octanol–water partition coefficient (Wildman–Crippen LogP) is 6.35. The maximum absolute atomic E-state index is 14.4. The van der Waals surface area contributed by atoms with Crippen molar-refractivity contribution < 1.29 is 18.0 Å². The molecule has 1 N–H and O–H groups in total. The Morgan fingerprint density at radius 2 is 1.44 bits per heavy atom. The molecule has 0 aromatic heterocycles. The summed E-state index contributed by atoms with van der Waals surface area (Å²) in [5, 5.41) is 3.66. The molecule has 0 fully saturated rings. The van der Waals surface area contributed by atoms with Gasteiger partial charge in [-0.05, 0) is 61.4 Å². The van der Waals surface area contributed by atoms with Crippen LogP contribution >= 0.6 is 23.2 Å². The average molecular weight is 639 g/mol. The van der Waals surface area contributed by atoms with Crippen LogP contribution in [0.15, 0.2) is 114 Å². The van der Waals surface area contributed by atoms with Crippen LogP contribution < -0.4 is 9.62 Å². The number of hydrogen-bond acceptors (Lipinski definition) is 4. The van der Waals surface area contributed by atoms with Gasteiger partial charge in [0, 0.05) is 29.1 Å². The number of carbonyl (C=O) groups excluding carboxylic acids is 2. The highest BCUT2D eigenvalue weighted by Gasteiger charge is 2.35. The van der Waals surface area contributed by atoms with Crippen LogP contribution in [-0.2, 0) is 32.6 Å². The highest BCUT2D eigenvalue weighted by molar-refractivity contribution is 7.92. The van der Waals surface area contributed by atoms with Crippen LogP contribution in [0, 0.1) is 0 Å². The number of anilines is 1. The smallest absolute Gasteiger partial charge is 0.264 e. The van der Waals surface area contributed by atoms with Crippen molar-refractivity contribution in [2.45, 2.75) is 43.8 Å². The quantitative estimate of drug-likeness (QED) is 0.196. The van der Waals surface area contributed by atoms with Crippen molar-refractivity contribution in [2.24, 2.45) is 0 Å². The minimum absolute atomic E-state index is 0.0128. The van der Waals surface area contributed by atoms with E-state index in [-0.39, 0.29) is 35.5 Å². The van der Waals surface area contributed by atoms with Crippen molar-refractivity contribution in [2.75, 3.05) is 10.8 Å². The lowest BCUT2D eigenvalue weighted by atomic mass is 10.0. The molecule has 0 heterocycles. The lowest BCUT2D eigenvalue weighted by Gasteiger charge is -2.34. The van der Waals surface area contributed by atoms with E-state index in [2.05, 4.69) is 5.32 Å². The van der Waals surface area contributed by atoms with Gasteiger partial charge in [-0.2, -0.15) is 0 Å². The van der Waals surface area contributed by atoms with E-state index in [1.54, 1.807) is 60.7 Å². The molecule has 10 heteroatoms. The van der Waals surface area contributed by atoms with Crippen molar-refractivity contribution in [3.63, 3.8) is 0 Å². The van der Waals surface area contributed by atoms with Crippen molar-refractivity contribution in [1.82, 2.24) is 10.2 Å². The maximum atomic E-state index is 14.4. The summed E-state index contributed by atoms with van der Waals surface area (Å²) in [5.41, 5.74) is 1.67. The van der Waals surface area contributed by atoms with E-state index in [9.17, 15) is 18.0 Å². The first-order valence-corrected chi connectivity index (χ1v) is 16.0. The number of nitrogens with one attached hydrogen (secondary N) is 1. The van der Waals surface area contributed by atoms with E-state index >= 15 is 0 Å². The summed E-state index contributed by atoms with van der Waals surface area (Å²) in [5.74, 6) is -0.946. The number of benzene rings is 4. The fraction of sp³-hybridized carbons (Fsp3) is 0.212. The number of halogens is 2. The molecule has 0 aliphatic heterocycles. The van der Waals surface area contributed by atoms with Crippen LogP contribution in [0.4, 0.5) is 5.69 Å². The highest BCUT2D eigenvalue weighted by Crippen LogP contribution is 2.27. The topological polar surface area (TPSA) is 86.8 Å². The van der Waals surface area contributed by atoms with Gasteiger partial charge in [-0.15, -0.1) is 0 Å². The molecule has 4 rings (SSSR count). The third-order valence-corrected chi connectivity index (χ3v) is 9.10. The first-order chi connectivity index (χ1) is 20.6. The lowest BCUT2D eigenvalue weighted by molar-refractivity contribution is -0.140. The van der Waals surface area contributed by atoms with Crippen molar-refractivity contribution >= 4 is 50.7 Å². The molecule has 4 aromatic carbocycles. The van der Waals surface area contributed by atoms with Gasteiger partial charge in [0.15, 0.2) is 0 Å². The first-order valence-electron chi connectivity index (χ1n) is 13.8. The number of nitrogens with zero attached hydrogens (tertiary/aromatic N) is 2. The Hall–Kier alpha value is -3.85. The van der Waals surface area contributed by atoms with Gasteiger partial charge in [0.2, 0.25) is 11.8 Å². The molecule has 0 radical (unpaired) electrons. The standard InChI is InChI=1S/C33H33Cl2N3O4S/c1-24(2)36-33(40)31(20-25-12-5-3-6-13-25)37(22-26-14-9-10-19-30(26)35)32(39)23-38(28-16-11-15-27(34)21-28)43(41,42)29-17-7-4-8-18-29/h3-19,21,24,31H,20,22-23H2,1-2H3,(H,36,40). The fourth-order valence-electron chi connectivity index (χ4n) is 4.62. The number of hydrogen-bond donors (Lipinski definition) is 1. The molecule has 7 nitrogen and oxygen atoms in total. The summed E-state index contributed by atoms with van der Waals surface area (Å²) in [6.07, 6.45) is 0.207. The molecule has 0 saturated carbocycles. The zero-order chi connectivity index (χ0) is 31.0. The minimum atomic E-state index is -4.20. The van der Waals surface area contributed by atoms with E-state index in [4.69, 9.17) is 23.2 Å². The van der Waals surface area contributed by atoms with Crippen LogP contribution in [0.5, 0.6) is 0 Å². The Labute approximate surface area is 263 Å². The molecule has 1 unspecified atom stereocenters. The second-order valence-electron chi connectivity index (χ2n) is 10.3. The van der Waals surface area contributed by atoms with E-state index in [0.717, 1.165) is 9.87 Å². The third kappa shape index (κ3) is 8.38. The summed E-state index contributed by atoms with van der Waals surface area (Å²) in [7, 11) is -4.20. The highest BCUT2D eigenvalue weighted by atomic mass is 35.5. The van der Waals surface area contributed by atoms with Gasteiger partial charge in [0.25, 0.3) is 10.0 Å². The van der Waals surface area contributed by atoms with Gasteiger partial charge >= 0.3 is 0 Å². The van der Waals surface area contributed by atoms with Gasteiger partial charge < -0.3 is 10.2 Å². The van der Waals surface area contributed by atoms with Crippen LogP contribution in [0.25, 0.3) is 0 Å². The molecule has 224 valence electrons. The molecule has 4 aromatic rings. The summed E-state index contributed by atoms with van der Waals surface area (Å²) in [6, 6.07) is 29.4. The van der Waals surface area contributed by atoms with E-state index in [1.807, 2.05) is 44.2 Å². The second kappa shape index (κ2) is 14.6. The van der Waals surface area contributed by atoms with Crippen LogP contribution in [0.1, 0.15) is 25.0 Å². The second-order valence-corrected chi connectivity index (χ2v) is 13.0. The summed E-state index contributed by atoms with van der Waals surface area (Å²) >= 11 is 12.8. The molecular weight excluding hydrogens is 605 g/mol. The molecule has 0 aliphatic carbocycles. The number of carbonyl (C=O) groups is 2. The van der Waals surface area contributed by atoms with Crippen molar-refractivity contribution in [1.29, 1.82) is 0 Å². The van der Waals surface area contributed by atoms with Crippen LogP contribution in [-0.4, -0.2) is 43.8 Å². The zero-order valence-corrected chi connectivity index (χ0v) is 26.2. The third-order valence-electron chi connectivity index (χ3n) is 6.71. The van der Waals surface area contributed by atoms with Crippen molar-refractivity contribution in [3.8, 4) is 0 Å². The molecule has 0 aliphatic rings. The van der Waals surface area contributed by atoms with Crippen LogP contribution in [0.3, 0.4) is 0 Å². The molecule has 0 bridgehead atoms.